The van der Waals surface area contributed by atoms with Crippen molar-refractivity contribution < 1.29 is 14.6 Å². The van der Waals surface area contributed by atoms with Gasteiger partial charge in [0, 0.05) is 17.6 Å². The number of fused-ring (bicyclic) bond motifs is 1. The number of hydrogen-bond donors (Lipinski definition) is 1. The summed E-state index contributed by atoms with van der Waals surface area (Å²) >= 11 is 0. The lowest BCUT2D eigenvalue weighted by Gasteiger charge is -2.07. The Morgan fingerprint density at radius 2 is 1.85 bits per heavy atom. The van der Waals surface area contributed by atoms with Crippen LogP contribution in [-0.2, 0) is 0 Å². The molecule has 0 saturated heterocycles. The lowest BCUT2D eigenvalue weighted by Crippen LogP contribution is -2.00. The number of carboxylic acids is 1. The highest BCUT2D eigenvalue weighted by Crippen LogP contribution is 2.27. The van der Waals surface area contributed by atoms with Crippen LogP contribution in [0.4, 0.5) is 0 Å². The highest BCUT2D eigenvalue weighted by atomic mass is 16.5. The molecule has 0 unspecified atom stereocenters. The molecule has 0 bridgehead atoms. The molecule has 0 spiro atoms. The lowest BCUT2D eigenvalue weighted by molar-refractivity contribution is 0.0689. The molecule has 3 rings (SSSR count). The van der Waals surface area contributed by atoms with Crippen molar-refractivity contribution in [2.24, 2.45) is 0 Å². The van der Waals surface area contributed by atoms with Crippen LogP contribution in [0.15, 0.2) is 54.7 Å². The zero-order valence-corrected chi connectivity index (χ0v) is 10.4. The molecule has 0 radical (unpaired) electrons. The molecular formula is C15H10N2O3. The fraction of sp³-hybridized carbons (Fsp3) is 0. The Bertz CT molecular complexity index is 781. The van der Waals surface area contributed by atoms with Crippen molar-refractivity contribution in [1.82, 2.24) is 9.97 Å². The molecule has 5 heteroatoms. The first kappa shape index (κ1) is 12.1. The Balaban J connectivity index is 2.01. The van der Waals surface area contributed by atoms with E-state index in [1.54, 1.807) is 24.4 Å². The van der Waals surface area contributed by atoms with Crippen LogP contribution in [0.5, 0.6) is 11.6 Å². The average molecular weight is 266 g/mol. The van der Waals surface area contributed by atoms with Gasteiger partial charge in [0.25, 0.3) is 0 Å². The van der Waals surface area contributed by atoms with Gasteiger partial charge in [-0.25, -0.2) is 9.78 Å². The number of ether oxygens (including phenoxy) is 1. The average Bonchev–Trinajstić information content (AvgIpc) is 2.48. The first-order valence-corrected chi connectivity index (χ1v) is 5.96. The van der Waals surface area contributed by atoms with Crippen LogP contribution in [0.3, 0.4) is 0 Å². The standard InChI is InChI=1S/C15H10N2O3/c18-15(19)11-6-2-8-13(17-11)20-12-7-1-4-10-5-3-9-16-14(10)12/h1-9H,(H,18,19). The fourth-order valence-corrected chi connectivity index (χ4v) is 1.86. The molecule has 1 aromatic carbocycles. The van der Waals surface area contributed by atoms with Crippen LogP contribution in [0.25, 0.3) is 10.9 Å². The highest BCUT2D eigenvalue weighted by molar-refractivity contribution is 5.86. The van der Waals surface area contributed by atoms with Crippen molar-refractivity contribution in [1.29, 1.82) is 0 Å². The van der Waals surface area contributed by atoms with Crippen LogP contribution in [0.1, 0.15) is 10.5 Å². The van der Waals surface area contributed by atoms with Crippen LogP contribution >= 0.6 is 0 Å². The largest absolute Gasteiger partial charge is 0.477 e. The number of pyridine rings is 2. The minimum Gasteiger partial charge on any atom is -0.477 e. The van der Waals surface area contributed by atoms with Crippen molar-refractivity contribution in [3.8, 4) is 11.6 Å². The van der Waals surface area contributed by atoms with E-state index in [4.69, 9.17) is 9.84 Å². The summed E-state index contributed by atoms with van der Waals surface area (Å²) in [6.07, 6.45) is 1.68. The maximum atomic E-state index is 10.9. The van der Waals surface area contributed by atoms with Crippen molar-refractivity contribution in [2.45, 2.75) is 0 Å². The summed E-state index contributed by atoms with van der Waals surface area (Å²) in [6, 6.07) is 13.9. The maximum absolute atomic E-state index is 10.9. The Labute approximate surface area is 114 Å². The van der Waals surface area contributed by atoms with Gasteiger partial charge in [-0.05, 0) is 18.2 Å². The van der Waals surface area contributed by atoms with Gasteiger partial charge in [0.1, 0.15) is 5.52 Å². The second-order valence-corrected chi connectivity index (χ2v) is 4.10. The molecule has 0 amide bonds. The van der Waals surface area contributed by atoms with Crippen LogP contribution < -0.4 is 4.74 Å². The summed E-state index contributed by atoms with van der Waals surface area (Å²) in [5.74, 6) is -0.326. The zero-order valence-electron chi connectivity index (χ0n) is 10.4. The Morgan fingerprint density at radius 3 is 2.70 bits per heavy atom. The molecule has 0 aliphatic carbocycles. The van der Waals surface area contributed by atoms with E-state index in [1.807, 2.05) is 24.3 Å². The summed E-state index contributed by atoms with van der Waals surface area (Å²) in [6.45, 7) is 0. The second-order valence-electron chi connectivity index (χ2n) is 4.10. The van der Waals surface area contributed by atoms with E-state index in [9.17, 15) is 4.79 Å². The summed E-state index contributed by atoms with van der Waals surface area (Å²) in [5, 5.41) is 9.86. The third kappa shape index (κ3) is 2.29. The quantitative estimate of drug-likeness (QED) is 0.788. The van der Waals surface area contributed by atoms with E-state index in [2.05, 4.69) is 9.97 Å². The Kier molecular flexibility index (Phi) is 3.01. The smallest absolute Gasteiger partial charge is 0.354 e. The Morgan fingerprint density at radius 1 is 1.05 bits per heavy atom. The molecule has 1 N–H and O–H groups in total. The van der Waals surface area contributed by atoms with E-state index in [0.717, 1.165) is 5.39 Å². The molecule has 2 aromatic heterocycles. The van der Waals surface area contributed by atoms with E-state index in [1.165, 1.54) is 6.07 Å². The molecule has 0 aliphatic rings. The summed E-state index contributed by atoms with van der Waals surface area (Å²) in [7, 11) is 0. The van der Waals surface area contributed by atoms with Crippen molar-refractivity contribution in [2.75, 3.05) is 0 Å². The molecule has 5 nitrogen and oxygen atoms in total. The van der Waals surface area contributed by atoms with Crippen LogP contribution in [0, 0.1) is 0 Å². The minimum absolute atomic E-state index is 0.0595. The number of benzene rings is 1. The molecule has 3 aromatic rings. The van der Waals surface area contributed by atoms with Gasteiger partial charge < -0.3 is 9.84 Å². The SMILES string of the molecule is O=C(O)c1cccc(Oc2cccc3cccnc23)n1. The van der Waals surface area contributed by atoms with Gasteiger partial charge in [0.15, 0.2) is 11.4 Å². The first-order valence-electron chi connectivity index (χ1n) is 5.96. The van der Waals surface area contributed by atoms with Gasteiger partial charge in [0.05, 0.1) is 0 Å². The summed E-state index contributed by atoms with van der Waals surface area (Å²) in [4.78, 5) is 19.1. The molecule has 0 aliphatic heterocycles. The van der Waals surface area contributed by atoms with Gasteiger partial charge in [-0.3, -0.25) is 4.98 Å². The summed E-state index contributed by atoms with van der Waals surface area (Å²) in [5.41, 5.74) is 0.647. The molecule has 0 fully saturated rings. The van der Waals surface area contributed by atoms with Gasteiger partial charge in [-0.2, -0.15) is 0 Å². The van der Waals surface area contributed by atoms with E-state index < -0.39 is 5.97 Å². The number of aromatic nitrogens is 2. The highest BCUT2D eigenvalue weighted by Gasteiger charge is 2.08. The van der Waals surface area contributed by atoms with E-state index in [0.29, 0.717) is 11.3 Å². The molecular weight excluding hydrogens is 256 g/mol. The van der Waals surface area contributed by atoms with Crippen molar-refractivity contribution in [3.05, 3.63) is 60.4 Å². The lowest BCUT2D eigenvalue weighted by atomic mass is 10.2. The van der Waals surface area contributed by atoms with Crippen molar-refractivity contribution >= 4 is 16.9 Å². The van der Waals surface area contributed by atoms with E-state index >= 15 is 0 Å². The predicted octanol–water partition coefficient (Wildman–Crippen LogP) is 3.12. The monoisotopic (exact) mass is 266 g/mol. The third-order valence-corrected chi connectivity index (χ3v) is 2.75. The Hall–Kier alpha value is -2.95. The van der Waals surface area contributed by atoms with Crippen LogP contribution in [0.2, 0.25) is 0 Å². The number of carboxylic acid groups (broad SMARTS) is 1. The molecule has 0 atom stereocenters. The number of hydrogen-bond acceptors (Lipinski definition) is 4. The number of aromatic carboxylic acids is 1. The number of carbonyl (C=O) groups is 1. The summed E-state index contributed by atoms with van der Waals surface area (Å²) < 4.78 is 5.65. The van der Waals surface area contributed by atoms with Gasteiger partial charge in [0.2, 0.25) is 5.88 Å². The maximum Gasteiger partial charge on any atom is 0.354 e. The minimum atomic E-state index is -1.09. The van der Waals surface area contributed by atoms with Crippen LogP contribution in [-0.4, -0.2) is 21.0 Å². The topological polar surface area (TPSA) is 72.3 Å². The fourth-order valence-electron chi connectivity index (χ4n) is 1.86. The van der Waals surface area contributed by atoms with Gasteiger partial charge >= 0.3 is 5.97 Å². The number of rotatable bonds is 3. The van der Waals surface area contributed by atoms with Gasteiger partial charge in [-0.1, -0.05) is 24.3 Å². The van der Waals surface area contributed by atoms with E-state index in [-0.39, 0.29) is 11.6 Å². The third-order valence-electron chi connectivity index (χ3n) is 2.75. The molecule has 20 heavy (non-hydrogen) atoms. The molecule has 2 heterocycles. The second kappa shape index (κ2) is 4.97. The predicted molar refractivity (Wildman–Crippen MR) is 73.0 cm³/mol. The zero-order chi connectivity index (χ0) is 13.9. The number of nitrogens with zero attached hydrogens (tertiary/aromatic N) is 2. The van der Waals surface area contributed by atoms with Crippen molar-refractivity contribution in [3.63, 3.8) is 0 Å². The normalized spacial score (nSPS) is 10.4. The molecule has 0 saturated carbocycles. The first-order chi connectivity index (χ1) is 9.74. The molecule has 98 valence electrons. The number of para-hydroxylation sites is 1. The van der Waals surface area contributed by atoms with Gasteiger partial charge in [-0.15, -0.1) is 0 Å².